The predicted octanol–water partition coefficient (Wildman–Crippen LogP) is 3.36. The average Bonchev–Trinajstić information content (AvgIpc) is 3.05. The second kappa shape index (κ2) is 4.62. The van der Waals surface area contributed by atoms with Crippen LogP contribution >= 0.6 is 0 Å². The Kier molecular flexibility index (Phi) is 3.14. The van der Waals surface area contributed by atoms with Crippen LogP contribution in [0.3, 0.4) is 0 Å². The van der Waals surface area contributed by atoms with E-state index in [-0.39, 0.29) is 0 Å². The van der Waals surface area contributed by atoms with Gasteiger partial charge in [-0.25, -0.2) is 0 Å². The Bertz CT molecular complexity index is 304. The molecule has 0 heterocycles. The summed E-state index contributed by atoms with van der Waals surface area (Å²) in [6, 6.07) is 0.478. The zero-order valence-electron chi connectivity index (χ0n) is 11.1. The van der Waals surface area contributed by atoms with E-state index in [0.29, 0.717) is 12.0 Å². The molecule has 0 aromatic rings. The molecule has 0 saturated heterocycles. The highest BCUT2D eigenvalue weighted by atomic mass is 14.9. The number of nitrogens with two attached hydrogens (primary N) is 1. The maximum Gasteiger partial charge on any atom is 0.0971 e. The molecule has 96 valence electrons. The maximum atomic E-state index is 6.20. The van der Waals surface area contributed by atoms with E-state index in [4.69, 9.17) is 10.7 Å². The van der Waals surface area contributed by atoms with Crippen molar-refractivity contribution in [2.24, 2.45) is 34.4 Å². The Morgan fingerprint density at radius 3 is 2.47 bits per heavy atom. The Morgan fingerprint density at radius 2 is 1.88 bits per heavy atom. The van der Waals surface area contributed by atoms with Gasteiger partial charge in [0, 0.05) is 5.92 Å². The lowest BCUT2D eigenvalue weighted by molar-refractivity contribution is 0.293. The van der Waals surface area contributed by atoms with Crippen molar-refractivity contribution in [3.05, 3.63) is 0 Å². The Morgan fingerprint density at radius 1 is 1.12 bits per heavy atom. The quantitative estimate of drug-likeness (QED) is 0.590. The average molecular weight is 234 g/mol. The molecule has 2 nitrogen and oxygen atoms in total. The number of amidine groups is 1. The summed E-state index contributed by atoms with van der Waals surface area (Å²) in [6.45, 7) is 2.30. The van der Waals surface area contributed by atoms with E-state index in [1.54, 1.807) is 0 Å². The summed E-state index contributed by atoms with van der Waals surface area (Å²) in [5.74, 6) is 4.41. The van der Waals surface area contributed by atoms with E-state index < -0.39 is 0 Å². The molecule has 0 aromatic heterocycles. The van der Waals surface area contributed by atoms with Crippen molar-refractivity contribution < 1.29 is 0 Å². The van der Waals surface area contributed by atoms with Crippen molar-refractivity contribution >= 4 is 5.84 Å². The van der Waals surface area contributed by atoms with E-state index in [0.717, 1.165) is 23.6 Å². The van der Waals surface area contributed by atoms with Gasteiger partial charge >= 0.3 is 0 Å². The van der Waals surface area contributed by atoms with Gasteiger partial charge in [-0.15, -0.1) is 0 Å². The molecule has 0 aliphatic heterocycles. The fourth-order valence-electron chi connectivity index (χ4n) is 4.54. The minimum Gasteiger partial charge on any atom is -0.387 e. The lowest BCUT2D eigenvalue weighted by Gasteiger charge is -2.26. The van der Waals surface area contributed by atoms with E-state index in [1.165, 1.54) is 51.4 Å². The number of aliphatic imine (C=N–C) groups is 1. The number of hydrogen-bond donors (Lipinski definition) is 1. The van der Waals surface area contributed by atoms with Gasteiger partial charge in [-0.3, -0.25) is 4.99 Å². The first-order valence-corrected chi connectivity index (χ1v) is 7.57. The van der Waals surface area contributed by atoms with Gasteiger partial charge in [0.05, 0.1) is 11.9 Å². The summed E-state index contributed by atoms with van der Waals surface area (Å²) in [4.78, 5) is 4.85. The van der Waals surface area contributed by atoms with Gasteiger partial charge in [-0.05, 0) is 56.8 Å². The van der Waals surface area contributed by atoms with Crippen LogP contribution in [0, 0.1) is 23.7 Å². The molecule has 3 aliphatic rings. The summed E-state index contributed by atoms with van der Waals surface area (Å²) in [7, 11) is 0. The molecule has 17 heavy (non-hydrogen) atoms. The monoisotopic (exact) mass is 234 g/mol. The molecule has 2 N–H and O–H groups in total. The molecule has 2 bridgehead atoms. The first-order chi connectivity index (χ1) is 8.24. The van der Waals surface area contributed by atoms with Gasteiger partial charge < -0.3 is 5.73 Å². The number of rotatable bonds is 3. The van der Waals surface area contributed by atoms with Gasteiger partial charge in [0.1, 0.15) is 0 Å². The summed E-state index contributed by atoms with van der Waals surface area (Å²) >= 11 is 0. The van der Waals surface area contributed by atoms with Gasteiger partial charge in [-0.1, -0.05) is 19.3 Å². The fraction of sp³-hybridized carbons (Fsp3) is 0.933. The molecule has 0 aromatic carbocycles. The number of hydrogen-bond acceptors (Lipinski definition) is 1. The highest BCUT2D eigenvalue weighted by Gasteiger charge is 2.41. The Labute approximate surface area is 105 Å². The number of fused-ring (bicyclic) bond motifs is 2. The largest absolute Gasteiger partial charge is 0.387 e. The first kappa shape index (κ1) is 11.6. The molecule has 3 rings (SSSR count). The first-order valence-electron chi connectivity index (χ1n) is 7.57. The summed E-state index contributed by atoms with van der Waals surface area (Å²) in [5.41, 5.74) is 6.20. The maximum absolute atomic E-state index is 6.20. The molecule has 2 heteroatoms. The van der Waals surface area contributed by atoms with Gasteiger partial charge in [0.25, 0.3) is 0 Å². The predicted molar refractivity (Wildman–Crippen MR) is 72.0 cm³/mol. The SMILES string of the molecule is CC(N=C(N)C1CCCC1)C1CC2CCC1C2. The zero-order valence-corrected chi connectivity index (χ0v) is 11.1. The molecule has 0 spiro atoms. The van der Waals surface area contributed by atoms with Crippen LogP contribution in [0.4, 0.5) is 0 Å². The van der Waals surface area contributed by atoms with Gasteiger partial charge in [0.2, 0.25) is 0 Å². The van der Waals surface area contributed by atoms with E-state index in [9.17, 15) is 0 Å². The third kappa shape index (κ3) is 2.23. The van der Waals surface area contributed by atoms with Crippen LogP contribution in [-0.4, -0.2) is 11.9 Å². The molecule has 4 atom stereocenters. The molecule has 3 aliphatic carbocycles. The third-order valence-electron chi connectivity index (χ3n) is 5.54. The lowest BCUT2D eigenvalue weighted by atomic mass is 9.84. The lowest BCUT2D eigenvalue weighted by Crippen LogP contribution is -2.28. The zero-order chi connectivity index (χ0) is 11.8. The summed E-state index contributed by atoms with van der Waals surface area (Å²) < 4.78 is 0. The van der Waals surface area contributed by atoms with Gasteiger partial charge in [0.15, 0.2) is 0 Å². The summed E-state index contributed by atoms with van der Waals surface area (Å²) in [5, 5.41) is 0. The molecular weight excluding hydrogens is 208 g/mol. The Hall–Kier alpha value is -0.530. The van der Waals surface area contributed by atoms with Crippen molar-refractivity contribution in [1.29, 1.82) is 0 Å². The van der Waals surface area contributed by atoms with Crippen molar-refractivity contribution in [3.63, 3.8) is 0 Å². The van der Waals surface area contributed by atoms with Crippen LogP contribution in [0.15, 0.2) is 4.99 Å². The standard InChI is InChI=1S/C15H26N2/c1-10(14-9-11-6-7-13(14)8-11)17-15(16)12-4-2-3-5-12/h10-14H,2-9H2,1H3,(H2,16,17). The molecule has 3 fully saturated rings. The molecule has 0 amide bonds. The van der Waals surface area contributed by atoms with E-state index in [1.807, 2.05) is 0 Å². The van der Waals surface area contributed by atoms with Crippen molar-refractivity contribution in [1.82, 2.24) is 0 Å². The second-order valence-corrected chi connectivity index (χ2v) is 6.61. The molecule has 0 radical (unpaired) electrons. The van der Waals surface area contributed by atoms with Crippen LogP contribution in [0.25, 0.3) is 0 Å². The summed E-state index contributed by atoms with van der Waals surface area (Å²) in [6.07, 6.45) is 11.1. The fourth-order valence-corrected chi connectivity index (χ4v) is 4.54. The van der Waals surface area contributed by atoms with Crippen molar-refractivity contribution in [3.8, 4) is 0 Å². The van der Waals surface area contributed by atoms with Crippen LogP contribution in [0.5, 0.6) is 0 Å². The van der Waals surface area contributed by atoms with E-state index in [2.05, 4.69) is 6.92 Å². The minimum absolute atomic E-state index is 0.478. The third-order valence-corrected chi connectivity index (χ3v) is 5.54. The normalized spacial score (nSPS) is 40.1. The topological polar surface area (TPSA) is 38.4 Å². The molecule has 3 saturated carbocycles. The van der Waals surface area contributed by atoms with Gasteiger partial charge in [-0.2, -0.15) is 0 Å². The second-order valence-electron chi connectivity index (χ2n) is 6.61. The van der Waals surface area contributed by atoms with Crippen LogP contribution in [-0.2, 0) is 0 Å². The van der Waals surface area contributed by atoms with Crippen molar-refractivity contribution in [2.75, 3.05) is 0 Å². The highest BCUT2D eigenvalue weighted by molar-refractivity contribution is 5.83. The molecular formula is C15H26N2. The van der Waals surface area contributed by atoms with Crippen LogP contribution < -0.4 is 5.73 Å². The minimum atomic E-state index is 0.478. The van der Waals surface area contributed by atoms with Crippen molar-refractivity contribution in [2.45, 2.75) is 64.3 Å². The molecule has 4 unspecified atom stereocenters. The Balaban J connectivity index is 1.62. The highest BCUT2D eigenvalue weighted by Crippen LogP contribution is 2.50. The van der Waals surface area contributed by atoms with Crippen LogP contribution in [0.1, 0.15) is 58.3 Å². The van der Waals surface area contributed by atoms with Crippen LogP contribution in [0.2, 0.25) is 0 Å². The van der Waals surface area contributed by atoms with E-state index >= 15 is 0 Å². The smallest absolute Gasteiger partial charge is 0.0971 e. The number of nitrogens with zero attached hydrogens (tertiary/aromatic N) is 1.